The zero-order chi connectivity index (χ0) is 17.6. The van der Waals surface area contributed by atoms with E-state index in [-0.39, 0.29) is 0 Å². The van der Waals surface area contributed by atoms with Crippen LogP contribution in [0.1, 0.15) is 16.9 Å². The summed E-state index contributed by atoms with van der Waals surface area (Å²) in [4.78, 5) is 8.93. The minimum atomic E-state index is 0.360. The molecule has 0 fully saturated rings. The first-order valence-electron chi connectivity index (χ1n) is 8.32. The first kappa shape index (κ1) is 15.9. The van der Waals surface area contributed by atoms with Gasteiger partial charge < -0.3 is 14.1 Å². The normalized spacial score (nSPS) is 14.7. The van der Waals surface area contributed by atoms with Crippen molar-refractivity contribution in [3.8, 4) is 11.8 Å². The van der Waals surface area contributed by atoms with Crippen LogP contribution in [0.25, 0.3) is 21.9 Å². The average molecular weight is 336 g/mol. The molecule has 0 spiro atoms. The molecule has 0 unspecified atom stereocenters. The summed E-state index contributed by atoms with van der Waals surface area (Å²) in [5.41, 5.74) is 3.47. The number of nitriles is 1. The van der Waals surface area contributed by atoms with Crippen LogP contribution in [0.2, 0.25) is 0 Å². The van der Waals surface area contributed by atoms with Gasteiger partial charge in [-0.25, -0.2) is 0 Å². The van der Waals surface area contributed by atoms with Crippen molar-refractivity contribution in [2.75, 3.05) is 33.9 Å². The number of aromatic nitrogens is 1. The summed E-state index contributed by atoms with van der Waals surface area (Å²) >= 11 is 0. The van der Waals surface area contributed by atoms with E-state index in [2.05, 4.69) is 34.9 Å². The lowest BCUT2D eigenvalue weighted by Crippen LogP contribution is -2.37. The number of hydrogen-bond donors (Lipinski definition) is 0. The molecule has 0 saturated carbocycles. The number of rotatable bonds is 3. The van der Waals surface area contributed by atoms with E-state index in [0.717, 1.165) is 58.4 Å². The van der Waals surface area contributed by atoms with Crippen molar-refractivity contribution < 1.29 is 9.15 Å². The average Bonchev–Trinajstić information content (AvgIpc) is 2.97. The van der Waals surface area contributed by atoms with Gasteiger partial charge in [0.15, 0.2) is 5.75 Å². The van der Waals surface area contributed by atoms with Gasteiger partial charge in [0.1, 0.15) is 23.9 Å². The summed E-state index contributed by atoms with van der Waals surface area (Å²) in [5.74, 6) is 1.18. The van der Waals surface area contributed by atoms with Crippen molar-refractivity contribution in [3.63, 3.8) is 0 Å². The molecule has 1 aliphatic heterocycles. The van der Waals surface area contributed by atoms with E-state index in [9.17, 15) is 5.26 Å². The van der Waals surface area contributed by atoms with Crippen LogP contribution in [0.5, 0.6) is 5.75 Å². The quantitative estimate of drug-likeness (QED) is 0.733. The van der Waals surface area contributed by atoms with Crippen molar-refractivity contribution in [2.45, 2.75) is 13.5 Å². The Morgan fingerprint density at radius 3 is 3.00 bits per heavy atom. The van der Waals surface area contributed by atoms with Crippen LogP contribution < -0.4 is 4.74 Å². The van der Waals surface area contributed by atoms with E-state index in [1.807, 2.05) is 19.1 Å². The Hall–Kier alpha value is -2.62. The van der Waals surface area contributed by atoms with E-state index in [0.29, 0.717) is 12.5 Å². The maximum absolute atomic E-state index is 9.39. The van der Waals surface area contributed by atoms with Gasteiger partial charge in [-0.05, 0) is 33.2 Å². The minimum absolute atomic E-state index is 0.360. The topological polar surface area (TPSA) is 65.5 Å². The number of nitrogens with zero attached hydrogens (tertiary/aromatic N) is 4. The van der Waals surface area contributed by atoms with Crippen LogP contribution in [-0.2, 0) is 6.54 Å². The van der Waals surface area contributed by atoms with Gasteiger partial charge in [0.05, 0.1) is 0 Å². The highest BCUT2D eigenvalue weighted by molar-refractivity contribution is 6.09. The smallest absolute Gasteiger partial charge is 0.207 e. The number of aryl methyl sites for hydroxylation is 1. The molecule has 0 aliphatic carbocycles. The number of fused-ring (bicyclic) bond motifs is 6. The number of benzene rings is 1. The number of likely N-dealkylation sites (N-methyl/N-ethyl adjacent to an activating group) is 1. The predicted molar refractivity (Wildman–Crippen MR) is 95.4 cm³/mol. The van der Waals surface area contributed by atoms with E-state index in [4.69, 9.17) is 9.15 Å². The second-order valence-electron chi connectivity index (χ2n) is 6.71. The Morgan fingerprint density at radius 1 is 1.40 bits per heavy atom. The lowest BCUT2D eigenvalue weighted by molar-refractivity contribution is 0.0910. The number of furan rings is 1. The van der Waals surface area contributed by atoms with Gasteiger partial charge >= 0.3 is 0 Å². The van der Waals surface area contributed by atoms with Crippen LogP contribution >= 0.6 is 0 Å². The number of pyridine rings is 1. The molecular weight excluding hydrogens is 316 g/mol. The fourth-order valence-electron chi connectivity index (χ4n) is 3.42. The van der Waals surface area contributed by atoms with Crippen molar-refractivity contribution in [1.82, 2.24) is 14.8 Å². The highest BCUT2D eigenvalue weighted by atomic mass is 16.5. The van der Waals surface area contributed by atoms with E-state index in [1.54, 1.807) is 6.20 Å². The molecule has 2 aromatic heterocycles. The fourth-order valence-corrected chi connectivity index (χ4v) is 3.42. The summed E-state index contributed by atoms with van der Waals surface area (Å²) in [7, 11) is 4.13. The molecule has 6 heteroatoms. The first-order chi connectivity index (χ1) is 12.1. The van der Waals surface area contributed by atoms with E-state index >= 15 is 0 Å². The standard InChI is InChI=1S/C19H20N4O2/c1-12-15(9-20)25-18-13-5-4-6-21-17(13)19-14(16(12)18)10-23(11-24-19)8-7-22(2)3/h4-6H,7-8,10-11H2,1-3H3. The van der Waals surface area contributed by atoms with Crippen LogP contribution in [0.15, 0.2) is 22.7 Å². The first-order valence-corrected chi connectivity index (χ1v) is 8.32. The van der Waals surface area contributed by atoms with Crippen LogP contribution in [0.3, 0.4) is 0 Å². The Kier molecular flexibility index (Phi) is 3.83. The van der Waals surface area contributed by atoms with Crippen LogP contribution in [0.4, 0.5) is 0 Å². The second-order valence-corrected chi connectivity index (χ2v) is 6.71. The fraction of sp³-hybridized carbons (Fsp3) is 0.368. The molecule has 0 saturated heterocycles. The molecule has 4 rings (SSSR count). The number of hydrogen-bond acceptors (Lipinski definition) is 6. The predicted octanol–water partition coefficient (Wildman–Crippen LogP) is 2.87. The molecule has 1 aromatic carbocycles. The Balaban J connectivity index is 1.92. The summed E-state index contributed by atoms with van der Waals surface area (Å²) in [6.07, 6.45) is 1.76. The van der Waals surface area contributed by atoms with Crippen molar-refractivity contribution in [3.05, 3.63) is 35.2 Å². The van der Waals surface area contributed by atoms with Gasteiger partial charge in [0.2, 0.25) is 5.76 Å². The maximum Gasteiger partial charge on any atom is 0.207 e. The summed E-state index contributed by atoms with van der Waals surface area (Å²) < 4.78 is 12.0. The van der Waals surface area contributed by atoms with Crippen molar-refractivity contribution in [2.24, 2.45) is 0 Å². The van der Waals surface area contributed by atoms with Gasteiger partial charge in [-0.2, -0.15) is 5.26 Å². The highest BCUT2D eigenvalue weighted by Gasteiger charge is 2.27. The molecule has 25 heavy (non-hydrogen) atoms. The molecule has 0 amide bonds. The lowest BCUT2D eigenvalue weighted by Gasteiger charge is -2.30. The largest absolute Gasteiger partial charge is 0.475 e. The van der Waals surface area contributed by atoms with Gasteiger partial charge in [-0.15, -0.1) is 0 Å². The lowest BCUT2D eigenvalue weighted by atomic mass is 9.99. The molecular formula is C19H20N4O2. The second kappa shape index (κ2) is 6.03. The number of ether oxygens (including phenoxy) is 1. The zero-order valence-electron chi connectivity index (χ0n) is 14.7. The Bertz CT molecular complexity index is 1000. The Morgan fingerprint density at radius 2 is 2.24 bits per heavy atom. The summed E-state index contributed by atoms with van der Waals surface area (Å²) in [6.45, 7) is 5.11. The third-order valence-corrected chi connectivity index (χ3v) is 4.73. The van der Waals surface area contributed by atoms with Gasteiger partial charge in [-0.3, -0.25) is 9.88 Å². The van der Waals surface area contributed by atoms with Gasteiger partial charge in [-0.1, -0.05) is 0 Å². The maximum atomic E-state index is 9.39. The molecule has 0 atom stereocenters. The monoisotopic (exact) mass is 336 g/mol. The SMILES string of the molecule is Cc1c(C#N)oc2c1c1c(c3ncccc32)OCN(CCN(C)C)C1. The highest BCUT2D eigenvalue weighted by Crippen LogP contribution is 2.42. The molecule has 128 valence electrons. The Labute approximate surface area is 146 Å². The van der Waals surface area contributed by atoms with Gasteiger partial charge in [0, 0.05) is 47.7 Å². The zero-order valence-corrected chi connectivity index (χ0v) is 14.7. The van der Waals surface area contributed by atoms with Crippen LogP contribution in [0, 0.1) is 18.3 Å². The molecule has 0 radical (unpaired) electrons. The van der Waals surface area contributed by atoms with E-state index in [1.165, 1.54) is 0 Å². The molecule has 0 bridgehead atoms. The third-order valence-electron chi connectivity index (χ3n) is 4.73. The third kappa shape index (κ3) is 2.53. The molecule has 0 N–H and O–H groups in total. The van der Waals surface area contributed by atoms with E-state index < -0.39 is 0 Å². The molecule has 1 aliphatic rings. The van der Waals surface area contributed by atoms with Crippen molar-refractivity contribution >= 4 is 21.9 Å². The molecule has 6 nitrogen and oxygen atoms in total. The van der Waals surface area contributed by atoms with Crippen molar-refractivity contribution in [1.29, 1.82) is 5.26 Å². The van der Waals surface area contributed by atoms with Crippen LogP contribution in [-0.4, -0.2) is 48.7 Å². The summed E-state index contributed by atoms with van der Waals surface area (Å²) in [6, 6.07) is 6.01. The molecule has 3 heterocycles. The van der Waals surface area contributed by atoms with Gasteiger partial charge in [0.25, 0.3) is 0 Å². The minimum Gasteiger partial charge on any atom is -0.475 e. The molecule has 3 aromatic rings. The summed E-state index contributed by atoms with van der Waals surface area (Å²) in [5, 5.41) is 11.3.